The standard InChI is InChI=1S/C14H14N4O2/c1-19-13-6-10(7-15)2-4-12(13)20-9-11-3-5-14(18-16)17-8-11/h2-6,8H,9,16H2,1H3,(H,17,18). The number of methoxy groups -OCH3 is 1. The molecule has 3 N–H and O–H groups in total. The van der Waals surface area contributed by atoms with Gasteiger partial charge in [-0.25, -0.2) is 10.8 Å². The van der Waals surface area contributed by atoms with Gasteiger partial charge >= 0.3 is 0 Å². The van der Waals surface area contributed by atoms with E-state index in [1.54, 1.807) is 30.5 Å². The molecule has 0 bridgehead atoms. The molecule has 1 aromatic carbocycles. The lowest BCUT2D eigenvalue weighted by Crippen LogP contribution is -2.08. The summed E-state index contributed by atoms with van der Waals surface area (Å²) in [6, 6.07) is 10.7. The molecule has 0 fully saturated rings. The van der Waals surface area contributed by atoms with Crippen LogP contribution in [0.2, 0.25) is 0 Å². The summed E-state index contributed by atoms with van der Waals surface area (Å²) in [5.74, 6) is 6.93. The largest absolute Gasteiger partial charge is 0.493 e. The van der Waals surface area contributed by atoms with Crippen LogP contribution in [0.15, 0.2) is 36.5 Å². The first-order valence-electron chi connectivity index (χ1n) is 5.89. The summed E-state index contributed by atoms with van der Waals surface area (Å²) < 4.78 is 10.9. The van der Waals surface area contributed by atoms with Crippen LogP contribution in [0.4, 0.5) is 5.82 Å². The van der Waals surface area contributed by atoms with Crippen molar-refractivity contribution in [2.75, 3.05) is 12.5 Å². The lowest BCUT2D eigenvalue weighted by molar-refractivity contribution is 0.284. The summed E-state index contributed by atoms with van der Waals surface area (Å²) in [6.07, 6.45) is 1.67. The fourth-order valence-corrected chi connectivity index (χ4v) is 1.61. The lowest BCUT2D eigenvalue weighted by atomic mass is 10.2. The number of hydrazine groups is 1. The highest BCUT2D eigenvalue weighted by atomic mass is 16.5. The van der Waals surface area contributed by atoms with Crippen LogP contribution in [0.3, 0.4) is 0 Å². The van der Waals surface area contributed by atoms with Crippen molar-refractivity contribution in [2.24, 2.45) is 5.84 Å². The Bertz CT molecular complexity index is 620. The molecule has 2 rings (SSSR count). The number of ether oxygens (including phenoxy) is 2. The van der Waals surface area contributed by atoms with Crippen molar-refractivity contribution in [1.82, 2.24) is 4.98 Å². The number of hydrogen-bond donors (Lipinski definition) is 2. The van der Waals surface area contributed by atoms with Crippen molar-refractivity contribution in [3.05, 3.63) is 47.7 Å². The summed E-state index contributed by atoms with van der Waals surface area (Å²) in [6.45, 7) is 0.347. The van der Waals surface area contributed by atoms with E-state index in [-0.39, 0.29) is 0 Å². The van der Waals surface area contributed by atoms with Gasteiger partial charge in [-0.05, 0) is 18.2 Å². The third-order valence-corrected chi connectivity index (χ3v) is 2.66. The van der Waals surface area contributed by atoms with Gasteiger partial charge in [0.15, 0.2) is 11.5 Å². The van der Waals surface area contributed by atoms with Gasteiger partial charge < -0.3 is 14.9 Å². The Hall–Kier alpha value is -2.78. The van der Waals surface area contributed by atoms with Crippen LogP contribution in [-0.4, -0.2) is 12.1 Å². The second-order valence-corrected chi connectivity index (χ2v) is 3.96. The molecule has 0 atom stereocenters. The van der Waals surface area contributed by atoms with Gasteiger partial charge in [-0.15, -0.1) is 0 Å². The lowest BCUT2D eigenvalue weighted by Gasteiger charge is -2.11. The minimum atomic E-state index is 0.347. The summed E-state index contributed by atoms with van der Waals surface area (Å²) in [4.78, 5) is 4.09. The van der Waals surface area contributed by atoms with Crippen LogP contribution >= 0.6 is 0 Å². The van der Waals surface area contributed by atoms with E-state index in [2.05, 4.69) is 16.5 Å². The highest BCUT2D eigenvalue weighted by molar-refractivity contribution is 5.46. The molecule has 6 heteroatoms. The normalized spacial score (nSPS) is 9.65. The monoisotopic (exact) mass is 270 g/mol. The van der Waals surface area contributed by atoms with Gasteiger partial charge in [-0.3, -0.25) is 0 Å². The predicted octanol–water partition coefficient (Wildman–Crippen LogP) is 1.83. The number of rotatable bonds is 5. The molecule has 1 aromatic heterocycles. The third-order valence-electron chi connectivity index (χ3n) is 2.66. The molecule has 0 aliphatic rings. The molecular weight excluding hydrogens is 256 g/mol. The number of nitrogens with zero attached hydrogens (tertiary/aromatic N) is 2. The molecule has 0 aliphatic carbocycles. The van der Waals surface area contributed by atoms with E-state index in [0.29, 0.717) is 29.5 Å². The van der Waals surface area contributed by atoms with Crippen molar-refractivity contribution < 1.29 is 9.47 Å². The van der Waals surface area contributed by atoms with E-state index in [0.717, 1.165) is 5.56 Å². The third kappa shape index (κ3) is 3.16. The van der Waals surface area contributed by atoms with Gasteiger partial charge in [0.05, 0.1) is 18.7 Å². The van der Waals surface area contributed by atoms with Crippen molar-refractivity contribution in [2.45, 2.75) is 6.61 Å². The summed E-state index contributed by atoms with van der Waals surface area (Å²) in [5.41, 5.74) is 3.88. The average Bonchev–Trinajstić information content (AvgIpc) is 2.53. The van der Waals surface area contributed by atoms with Gasteiger partial charge in [0.25, 0.3) is 0 Å². The van der Waals surface area contributed by atoms with E-state index < -0.39 is 0 Å². The molecule has 6 nitrogen and oxygen atoms in total. The van der Waals surface area contributed by atoms with E-state index >= 15 is 0 Å². The van der Waals surface area contributed by atoms with Crippen molar-refractivity contribution in [3.8, 4) is 17.6 Å². The van der Waals surface area contributed by atoms with Crippen molar-refractivity contribution >= 4 is 5.82 Å². The molecule has 0 unspecified atom stereocenters. The SMILES string of the molecule is COc1cc(C#N)ccc1OCc1ccc(NN)nc1. The summed E-state index contributed by atoms with van der Waals surface area (Å²) in [7, 11) is 1.53. The molecule has 0 spiro atoms. The Labute approximate surface area is 116 Å². The number of nitriles is 1. The summed E-state index contributed by atoms with van der Waals surface area (Å²) in [5, 5.41) is 8.83. The molecular formula is C14H14N4O2. The minimum Gasteiger partial charge on any atom is -0.493 e. The Kier molecular flexibility index (Phi) is 4.37. The topological polar surface area (TPSA) is 93.2 Å². The maximum absolute atomic E-state index is 8.83. The van der Waals surface area contributed by atoms with Crippen LogP contribution in [0, 0.1) is 11.3 Å². The summed E-state index contributed by atoms with van der Waals surface area (Å²) >= 11 is 0. The van der Waals surface area contributed by atoms with E-state index in [1.165, 1.54) is 7.11 Å². The molecule has 0 saturated heterocycles. The Morgan fingerprint density at radius 3 is 2.75 bits per heavy atom. The van der Waals surface area contributed by atoms with Crippen LogP contribution in [0.1, 0.15) is 11.1 Å². The Morgan fingerprint density at radius 1 is 1.30 bits per heavy atom. The second-order valence-electron chi connectivity index (χ2n) is 3.96. The quantitative estimate of drug-likeness (QED) is 0.636. The maximum atomic E-state index is 8.83. The van der Waals surface area contributed by atoms with Crippen LogP contribution in [0.25, 0.3) is 0 Å². The number of anilines is 1. The first kappa shape index (κ1) is 13.6. The number of pyridine rings is 1. The fraction of sp³-hybridized carbons (Fsp3) is 0.143. The molecule has 20 heavy (non-hydrogen) atoms. The average molecular weight is 270 g/mol. The van der Waals surface area contributed by atoms with Crippen molar-refractivity contribution in [3.63, 3.8) is 0 Å². The predicted molar refractivity (Wildman–Crippen MR) is 74.1 cm³/mol. The fourth-order valence-electron chi connectivity index (χ4n) is 1.61. The number of hydrogen-bond acceptors (Lipinski definition) is 6. The van der Waals surface area contributed by atoms with Crippen LogP contribution in [-0.2, 0) is 6.61 Å². The van der Waals surface area contributed by atoms with E-state index in [1.807, 2.05) is 6.07 Å². The number of nitrogens with one attached hydrogen (secondary N) is 1. The van der Waals surface area contributed by atoms with Gasteiger partial charge in [-0.2, -0.15) is 5.26 Å². The zero-order chi connectivity index (χ0) is 14.4. The molecule has 2 aromatic rings. The molecule has 0 radical (unpaired) electrons. The second kappa shape index (κ2) is 6.41. The molecule has 1 heterocycles. The Balaban J connectivity index is 2.08. The zero-order valence-electron chi connectivity index (χ0n) is 11.0. The van der Waals surface area contributed by atoms with Gasteiger partial charge in [-0.1, -0.05) is 6.07 Å². The maximum Gasteiger partial charge on any atom is 0.162 e. The van der Waals surface area contributed by atoms with E-state index in [9.17, 15) is 0 Å². The first-order chi connectivity index (χ1) is 9.76. The van der Waals surface area contributed by atoms with Gasteiger partial charge in [0.1, 0.15) is 12.4 Å². The van der Waals surface area contributed by atoms with E-state index in [4.69, 9.17) is 20.6 Å². The van der Waals surface area contributed by atoms with Crippen molar-refractivity contribution in [1.29, 1.82) is 5.26 Å². The molecule has 0 amide bonds. The number of nitrogen functional groups attached to an aromatic ring is 1. The van der Waals surface area contributed by atoms with Gasteiger partial charge in [0, 0.05) is 17.8 Å². The first-order valence-corrected chi connectivity index (χ1v) is 5.89. The number of nitrogens with two attached hydrogens (primary N) is 1. The molecule has 0 aliphatic heterocycles. The van der Waals surface area contributed by atoms with Gasteiger partial charge in [0.2, 0.25) is 0 Å². The molecule has 0 saturated carbocycles. The minimum absolute atomic E-state index is 0.347. The highest BCUT2D eigenvalue weighted by Gasteiger charge is 2.06. The zero-order valence-corrected chi connectivity index (χ0v) is 11.0. The van der Waals surface area contributed by atoms with Crippen LogP contribution < -0.4 is 20.7 Å². The number of benzene rings is 1. The number of aromatic nitrogens is 1. The Morgan fingerprint density at radius 2 is 2.15 bits per heavy atom. The molecule has 102 valence electrons. The smallest absolute Gasteiger partial charge is 0.162 e. The highest BCUT2D eigenvalue weighted by Crippen LogP contribution is 2.28. The van der Waals surface area contributed by atoms with Crippen LogP contribution in [0.5, 0.6) is 11.5 Å².